The quantitative estimate of drug-likeness (QED) is 0.715. The van der Waals surface area contributed by atoms with Crippen molar-refractivity contribution in [1.82, 2.24) is 15.3 Å². The van der Waals surface area contributed by atoms with Gasteiger partial charge >= 0.3 is 0 Å². The highest BCUT2D eigenvalue weighted by atomic mass is 19.1. The van der Waals surface area contributed by atoms with Crippen LogP contribution in [0.3, 0.4) is 0 Å². The van der Waals surface area contributed by atoms with Crippen LogP contribution in [-0.2, 0) is 17.8 Å². The Kier molecular flexibility index (Phi) is 5.41. The minimum Gasteiger partial charge on any atom is -0.352 e. The van der Waals surface area contributed by atoms with E-state index in [2.05, 4.69) is 15.3 Å². The Morgan fingerprint density at radius 3 is 2.85 bits per heavy atom. The van der Waals surface area contributed by atoms with E-state index in [4.69, 9.17) is 0 Å². The van der Waals surface area contributed by atoms with Crippen molar-refractivity contribution >= 4 is 16.8 Å². The third-order valence-corrected chi connectivity index (χ3v) is 4.21. The van der Waals surface area contributed by atoms with E-state index in [1.165, 1.54) is 6.07 Å². The number of H-pyrrole nitrogens is 1. The molecule has 0 aliphatic heterocycles. The zero-order chi connectivity index (χ0) is 18.5. The summed E-state index contributed by atoms with van der Waals surface area (Å²) in [5.74, 6) is 0.180. The fraction of sp³-hybridized carbons (Fsp3) is 0.250. The van der Waals surface area contributed by atoms with Gasteiger partial charge in [0.1, 0.15) is 11.6 Å². The predicted octanol–water partition coefficient (Wildman–Crippen LogP) is 3.01. The Morgan fingerprint density at radius 2 is 2.04 bits per heavy atom. The molecular weight excluding hydrogens is 333 g/mol. The van der Waals surface area contributed by atoms with Crippen molar-refractivity contribution in [3.63, 3.8) is 0 Å². The first-order chi connectivity index (χ1) is 12.5. The second-order valence-corrected chi connectivity index (χ2v) is 6.24. The first kappa shape index (κ1) is 17.8. The van der Waals surface area contributed by atoms with Crippen LogP contribution in [0.2, 0.25) is 0 Å². The van der Waals surface area contributed by atoms with Crippen molar-refractivity contribution in [3.8, 4) is 0 Å². The molecule has 0 atom stereocenters. The SMILES string of the molecule is Cc1ccc(CNC(=O)CCCc2nc3ccccc3c(=O)[nH]2)cc1F. The molecule has 3 aromatic rings. The van der Waals surface area contributed by atoms with E-state index in [0.717, 1.165) is 5.56 Å². The van der Waals surface area contributed by atoms with Gasteiger partial charge in [-0.25, -0.2) is 9.37 Å². The number of halogens is 1. The summed E-state index contributed by atoms with van der Waals surface area (Å²) in [6, 6.07) is 12.1. The zero-order valence-corrected chi connectivity index (χ0v) is 14.5. The molecule has 1 aromatic heterocycles. The van der Waals surface area contributed by atoms with E-state index < -0.39 is 0 Å². The number of hydrogen-bond acceptors (Lipinski definition) is 3. The van der Waals surface area contributed by atoms with Crippen molar-refractivity contribution < 1.29 is 9.18 Å². The average molecular weight is 353 g/mol. The Bertz CT molecular complexity index is 998. The highest BCUT2D eigenvalue weighted by Gasteiger charge is 2.06. The van der Waals surface area contributed by atoms with Gasteiger partial charge < -0.3 is 10.3 Å². The molecule has 5 nitrogen and oxygen atoms in total. The van der Waals surface area contributed by atoms with Crippen LogP contribution in [0.4, 0.5) is 4.39 Å². The largest absolute Gasteiger partial charge is 0.352 e. The standard InChI is InChI=1S/C20H20FN3O2/c1-13-9-10-14(11-16(13)21)12-22-19(25)8-4-7-18-23-17-6-3-2-5-15(17)20(26)24-18/h2-3,5-6,9-11H,4,7-8,12H2,1H3,(H,22,25)(H,23,24,26). The average Bonchev–Trinajstić information content (AvgIpc) is 2.63. The number of rotatable bonds is 6. The Labute approximate surface area is 150 Å². The second-order valence-electron chi connectivity index (χ2n) is 6.24. The Balaban J connectivity index is 1.50. The maximum Gasteiger partial charge on any atom is 0.258 e. The van der Waals surface area contributed by atoms with Gasteiger partial charge in [-0.1, -0.05) is 24.3 Å². The molecule has 6 heteroatoms. The van der Waals surface area contributed by atoms with E-state index >= 15 is 0 Å². The first-order valence-electron chi connectivity index (χ1n) is 8.52. The van der Waals surface area contributed by atoms with Crippen molar-refractivity contribution in [1.29, 1.82) is 0 Å². The molecule has 0 fully saturated rings. The number of hydrogen-bond donors (Lipinski definition) is 2. The van der Waals surface area contributed by atoms with Gasteiger partial charge in [0.05, 0.1) is 10.9 Å². The number of carbonyl (C=O) groups excluding carboxylic acids is 1. The minimum atomic E-state index is -0.275. The molecule has 2 aromatic carbocycles. The fourth-order valence-electron chi connectivity index (χ4n) is 2.71. The number of nitrogens with zero attached hydrogens (tertiary/aromatic N) is 1. The maximum absolute atomic E-state index is 13.5. The van der Waals surface area contributed by atoms with E-state index in [-0.39, 0.29) is 17.3 Å². The molecule has 0 radical (unpaired) electrons. The van der Waals surface area contributed by atoms with Crippen LogP contribution in [0.15, 0.2) is 47.3 Å². The summed E-state index contributed by atoms with van der Waals surface area (Å²) in [5, 5.41) is 3.33. The number of fused-ring (bicyclic) bond motifs is 1. The van der Waals surface area contributed by atoms with E-state index in [1.807, 2.05) is 6.07 Å². The summed E-state index contributed by atoms with van der Waals surface area (Å²) in [6.07, 6.45) is 1.38. The highest BCUT2D eigenvalue weighted by Crippen LogP contribution is 2.10. The zero-order valence-electron chi connectivity index (χ0n) is 14.5. The van der Waals surface area contributed by atoms with Gasteiger partial charge in [-0.3, -0.25) is 9.59 Å². The monoisotopic (exact) mass is 353 g/mol. The van der Waals surface area contributed by atoms with Gasteiger partial charge in [0.2, 0.25) is 5.91 Å². The Morgan fingerprint density at radius 1 is 1.23 bits per heavy atom. The van der Waals surface area contributed by atoms with Crippen LogP contribution in [0.25, 0.3) is 10.9 Å². The summed E-state index contributed by atoms with van der Waals surface area (Å²) in [4.78, 5) is 31.1. The van der Waals surface area contributed by atoms with Gasteiger partial charge in [0.25, 0.3) is 5.56 Å². The number of carbonyl (C=O) groups is 1. The van der Waals surface area contributed by atoms with Crippen molar-refractivity contribution in [2.45, 2.75) is 32.7 Å². The maximum atomic E-state index is 13.5. The smallest absolute Gasteiger partial charge is 0.258 e. The van der Waals surface area contributed by atoms with Crippen LogP contribution < -0.4 is 10.9 Å². The molecule has 0 bridgehead atoms. The third-order valence-electron chi connectivity index (χ3n) is 4.21. The molecule has 134 valence electrons. The molecule has 0 saturated heterocycles. The third kappa shape index (κ3) is 4.33. The lowest BCUT2D eigenvalue weighted by atomic mass is 10.1. The summed E-state index contributed by atoms with van der Waals surface area (Å²) < 4.78 is 13.5. The lowest BCUT2D eigenvalue weighted by molar-refractivity contribution is -0.121. The molecule has 0 aliphatic rings. The molecule has 0 spiro atoms. The van der Waals surface area contributed by atoms with Gasteiger partial charge in [0.15, 0.2) is 0 Å². The molecule has 1 heterocycles. The molecule has 3 rings (SSSR count). The Hall–Kier alpha value is -3.02. The van der Waals surface area contributed by atoms with Crippen LogP contribution in [-0.4, -0.2) is 15.9 Å². The lowest BCUT2D eigenvalue weighted by Gasteiger charge is -2.07. The number of aromatic amines is 1. The highest BCUT2D eigenvalue weighted by molar-refractivity contribution is 5.77. The van der Waals surface area contributed by atoms with Crippen LogP contribution in [0.1, 0.15) is 29.8 Å². The lowest BCUT2D eigenvalue weighted by Crippen LogP contribution is -2.22. The van der Waals surface area contributed by atoms with Crippen LogP contribution in [0.5, 0.6) is 0 Å². The first-order valence-corrected chi connectivity index (χ1v) is 8.52. The number of amides is 1. The second kappa shape index (κ2) is 7.91. The minimum absolute atomic E-state index is 0.117. The number of para-hydroxylation sites is 1. The van der Waals surface area contributed by atoms with Crippen molar-refractivity contribution in [2.24, 2.45) is 0 Å². The van der Waals surface area contributed by atoms with Crippen LogP contribution >= 0.6 is 0 Å². The summed E-state index contributed by atoms with van der Waals surface area (Å²) in [6.45, 7) is 1.99. The molecular formula is C20H20FN3O2. The summed E-state index contributed by atoms with van der Waals surface area (Å²) in [5.41, 5.74) is 1.78. The van der Waals surface area contributed by atoms with Gasteiger partial charge in [-0.15, -0.1) is 0 Å². The number of aromatic nitrogens is 2. The number of aryl methyl sites for hydroxylation is 2. The van der Waals surface area contributed by atoms with E-state index in [1.54, 1.807) is 37.3 Å². The van der Waals surface area contributed by atoms with Crippen molar-refractivity contribution in [3.05, 3.63) is 75.6 Å². The van der Waals surface area contributed by atoms with E-state index in [9.17, 15) is 14.0 Å². The van der Waals surface area contributed by atoms with Crippen molar-refractivity contribution in [2.75, 3.05) is 0 Å². The summed E-state index contributed by atoms with van der Waals surface area (Å²) in [7, 11) is 0. The summed E-state index contributed by atoms with van der Waals surface area (Å²) >= 11 is 0. The van der Waals surface area contributed by atoms with Gasteiger partial charge in [-0.05, 0) is 42.7 Å². The molecule has 1 amide bonds. The topological polar surface area (TPSA) is 74.8 Å². The number of nitrogens with one attached hydrogen (secondary N) is 2. The fourth-order valence-corrected chi connectivity index (χ4v) is 2.71. The predicted molar refractivity (Wildman–Crippen MR) is 98.3 cm³/mol. The normalized spacial score (nSPS) is 10.8. The molecule has 26 heavy (non-hydrogen) atoms. The van der Waals surface area contributed by atoms with Crippen LogP contribution in [0, 0.1) is 12.7 Å². The molecule has 0 unspecified atom stereocenters. The van der Waals surface area contributed by atoms with Gasteiger partial charge in [0, 0.05) is 19.4 Å². The molecule has 2 N–H and O–H groups in total. The van der Waals surface area contributed by atoms with E-state index in [0.29, 0.717) is 48.1 Å². The van der Waals surface area contributed by atoms with Gasteiger partial charge in [-0.2, -0.15) is 0 Å². The molecule has 0 saturated carbocycles. The molecule has 0 aliphatic carbocycles. The number of benzene rings is 2.